The lowest BCUT2D eigenvalue weighted by atomic mass is 10.0. The Balaban J connectivity index is 1.70. The van der Waals surface area contributed by atoms with Crippen LogP contribution in [0, 0.1) is 12.7 Å². The fourth-order valence-corrected chi connectivity index (χ4v) is 3.38. The molecule has 126 valence electrons. The van der Waals surface area contributed by atoms with E-state index in [0.717, 1.165) is 36.2 Å². The molecule has 0 saturated carbocycles. The molecule has 0 aliphatic carbocycles. The molecule has 1 atom stereocenters. The predicted molar refractivity (Wildman–Crippen MR) is 93.0 cm³/mol. The van der Waals surface area contributed by atoms with Crippen LogP contribution in [0.25, 0.3) is 0 Å². The van der Waals surface area contributed by atoms with Crippen molar-refractivity contribution in [1.29, 1.82) is 0 Å². The van der Waals surface area contributed by atoms with Gasteiger partial charge in [-0.25, -0.2) is 4.39 Å². The van der Waals surface area contributed by atoms with Crippen molar-refractivity contribution >= 4 is 11.7 Å². The zero-order valence-corrected chi connectivity index (χ0v) is 13.8. The van der Waals surface area contributed by atoms with E-state index < -0.39 is 5.97 Å². The third-order valence-corrected chi connectivity index (χ3v) is 4.70. The average molecular weight is 327 g/mol. The number of carboxylic acid groups (broad SMARTS) is 1. The van der Waals surface area contributed by atoms with Gasteiger partial charge in [-0.1, -0.05) is 24.3 Å². The summed E-state index contributed by atoms with van der Waals surface area (Å²) in [5.41, 5.74) is 3.80. The largest absolute Gasteiger partial charge is 0.481 e. The van der Waals surface area contributed by atoms with Gasteiger partial charge in [0.25, 0.3) is 0 Å². The first-order chi connectivity index (χ1) is 11.5. The van der Waals surface area contributed by atoms with E-state index in [9.17, 15) is 9.18 Å². The van der Waals surface area contributed by atoms with E-state index in [2.05, 4.69) is 4.90 Å². The Hall–Kier alpha value is -2.36. The second kappa shape index (κ2) is 7.04. The molecular formula is C20H22FNO2. The van der Waals surface area contributed by atoms with Crippen molar-refractivity contribution in [1.82, 2.24) is 0 Å². The van der Waals surface area contributed by atoms with Gasteiger partial charge in [-0.15, -0.1) is 0 Å². The van der Waals surface area contributed by atoms with E-state index in [1.54, 1.807) is 19.1 Å². The number of nitrogens with zero attached hydrogens (tertiary/aromatic N) is 1. The van der Waals surface area contributed by atoms with E-state index in [1.165, 1.54) is 0 Å². The maximum absolute atomic E-state index is 13.6. The Morgan fingerprint density at radius 1 is 1.21 bits per heavy atom. The third-order valence-electron chi connectivity index (χ3n) is 4.70. The molecule has 2 aromatic carbocycles. The minimum atomic E-state index is -0.745. The number of aliphatic carboxylic acids is 1. The van der Waals surface area contributed by atoms with Crippen molar-refractivity contribution < 1.29 is 14.3 Å². The van der Waals surface area contributed by atoms with Crippen molar-refractivity contribution in [3.63, 3.8) is 0 Å². The number of rotatable bonds is 5. The Kier molecular flexibility index (Phi) is 4.84. The SMILES string of the molecule is Cc1ccc(Cc2ccc(N3CCCC3CC(=O)O)cc2)cc1F. The number of benzene rings is 2. The van der Waals surface area contributed by atoms with E-state index in [4.69, 9.17) is 5.11 Å². The summed E-state index contributed by atoms with van der Waals surface area (Å²) < 4.78 is 13.6. The van der Waals surface area contributed by atoms with E-state index >= 15 is 0 Å². The second-order valence-corrected chi connectivity index (χ2v) is 6.51. The van der Waals surface area contributed by atoms with Crippen LogP contribution in [-0.4, -0.2) is 23.7 Å². The van der Waals surface area contributed by atoms with E-state index in [1.807, 2.05) is 30.3 Å². The number of carboxylic acids is 1. The summed E-state index contributed by atoms with van der Waals surface area (Å²) >= 11 is 0. The van der Waals surface area contributed by atoms with Gasteiger partial charge < -0.3 is 10.0 Å². The Morgan fingerprint density at radius 3 is 2.58 bits per heavy atom. The summed E-state index contributed by atoms with van der Waals surface area (Å²) in [5.74, 6) is -0.914. The minimum absolute atomic E-state index is 0.0829. The first-order valence-electron chi connectivity index (χ1n) is 8.35. The molecule has 1 aliphatic rings. The van der Waals surface area contributed by atoms with Crippen LogP contribution in [0.5, 0.6) is 0 Å². The highest BCUT2D eigenvalue weighted by atomic mass is 19.1. The van der Waals surface area contributed by atoms with E-state index in [0.29, 0.717) is 12.0 Å². The molecule has 4 heteroatoms. The molecule has 1 heterocycles. The normalized spacial score (nSPS) is 17.2. The van der Waals surface area contributed by atoms with Crippen molar-refractivity contribution in [3.05, 3.63) is 65.0 Å². The zero-order chi connectivity index (χ0) is 17.1. The van der Waals surface area contributed by atoms with Gasteiger partial charge in [-0.05, 0) is 61.1 Å². The highest BCUT2D eigenvalue weighted by molar-refractivity contribution is 5.69. The summed E-state index contributed by atoms with van der Waals surface area (Å²) in [6, 6.07) is 13.6. The van der Waals surface area contributed by atoms with Gasteiger partial charge in [-0.2, -0.15) is 0 Å². The molecule has 0 bridgehead atoms. The molecule has 0 spiro atoms. The summed E-state index contributed by atoms with van der Waals surface area (Å²) in [4.78, 5) is 13.2. The predicted octanol–water partition coefficient (Wildman–Crippen LogP) is 4.17. The standard InChI is InChI=1S/C20H22FNO2/c1-14-4-5-16(12-19(14)21)11-15-6-8-17(9-7-15)22-10-2-3-18(22)13-20(23)24/h4-9,12,18H,2-3,10-11,13H2,1H3,(H,23,24). The summed E-state index contributed by atoms with van der Waals surface area (Å²) in [5, 5.41) is 9.03. The molecule has 1 aliphatic heterocycles. The minimum Gasteiger partial charge on any atom is -0.481 e. The zero-order valence-electron chi connectivity index (χ0n) is 13.8. The monoisotopic (exact) mass is 327 g/mol. The maximum atomic E-state index is 13.6. The first kappa shape index (κ1) is 16.5. The molecule has 0 aromatic heterocycles. The average Bonchev–Trinajstić information content (AvgIpc) is 2.99. The van der Waals surface area contributed by atoms with Crippen LogP contribution in [0.1, 0.15) is 36.0 Å². The Labute approximate surface area is 141 Å². The van der Waals surface area contributed by atoms with Gasteiger partial charge in [0.15, 0.2) is 0 Å². The molecule has 3 nitrogen and oxygen atoms in total. The fraction of sp³-hybridized carbons (Fsp3) is 0.350. The third kappa shape index (κ3) is 3.75. The van der Waals surface area contributed by atoms with Crippen LogP contribution in [0.15, 0.2) is 42.5 Å². The molecular weight excluding hydrogens is 305 g/mol. The maximum Gasteiger partial charge on any atom is 0.305 e. The topological polar surface area (TPSA) is 40.5 Å². The van der Waals surface area contributed by atoms with Gasteiger partial charge in [0.05, 0.1) is 6.42 Å². The molecule has 1 fully saturated rings. The Bertz CT molecular complexity index is 727. The van der Waals surface area contributed by atoms with Gasteiger partial charge in [0, 0.05) is 18.3 Å². The summed E-state index contributed by atoms with van der Waals surface area (Å²) in [6.45, 7) is 2.66. The van der Waals surface area contributed by atoms with Crippen LogP contribution in [0.4, 0.5) is 10.1 Å². The van der Waals surface area contributed by atoms with Crippen molar-refractivity contribution in [2.24, 2.45) is 0 Å². The molecule has 2 aromatic rings. The van der Waals surface area contributed by atoms with Crippen molar-refractivity contribution in [2.45, 2.75) is 38.6 Å². The second-order valence-electron chi connectivity index (χ2n) is 6.51. The molecule has 3 rings (SSSR count). The van der Waals surface area contributed by atoms with E-state index in [-0.39, 0.29) is 18.3 Å². The first-order valence-corrected chi connectivity index (χ1v) is 8.35. The molecule has 1 N–H and O–H groups in total. The highest BCUT2D eigenvalue weighted by Gasteiger charge is 2.26. The van der Waals surface area contributed by atoms with Gasteiger partial charge in [-0.3, -0.25) is 4.79 Å². The smallest absolute Gasteiger partial charge is 0.305 e. The van der Waals surface area contributed by atoms with Crippen LogP contribution in [0.2, 0.25) is 0 Å². The molecule has 0 amide bonds. The molecule has 1 unspecified atom stereocenters. The van der Waals surface area contributed by atoms with Crippen LogP contribution >= 0.6 is 0 Å². The van der Waals surface area contributed by atoms with Gasteiger partial charge >= 0.3 is 5.97 Å². The van der Waals surface area contributed by atoms with Crippen LogP contribution in [-0.2, 0) is 11.2 Å². The molecule has 1 saturated heterocycles. The number of hydrogen-bond acceptors (Lipinski definition) is 2. The van der Waals surface area contributed by atoms with Gasteiger partial charge in [0.2, 0.25) is 0 Å². The number of anilines is 1. The number of halogens is 1. The van der Waals surface area contributed by atoms with Crippen molar-refractivity contribution in [2.75, 3.05) is 11.4 Å². The molecule has 24 heavy (non-hydrogen) atoms. The number of aryl methyl sites for hydroxylation is 1. The fourth-order valence-electron chi connectivity index (χ4n) is 3.38. The summed E-state index contributed by atoms with van der Waals surface area (Å²) in [6.07, 6.45) is 2.83. The summed E-state index contributed by atoms with van der Waals surface area (Å²) in [7, 11) is 0. The number of hydrogen-bond donors (Lipinski definition) is 1. The lowest BCUT2D eigenvalue weighted by molar-refractivity contribution is -0.137. The highest BCUT2D eigenvalue weighted by Crippen LogP contribution is 2.28. The number of carbonyl (C=O) groups is 1. The molecule has 0 radical (unpaired) electrons. The van der Waals surface area contributed by atoms with Gasteiger partial charge in [0.1, 0.15) is 5.82 Å². The Morgan fingerprint density at radius 2 is 1.92 bits per heavy atom. The van der Waals surface area contributed by atoms with Crippen LogP contribution in [0.3, 0.4) is 0 Å². The van der Waals surface area contributed by atoms with Crippen LogP contribution < -0.4 is 4.90 Å². The van der Waals surface area contributed by atoms with Crippen molar-refractivity contribution in [3.8, 4) is 0 Å². The quantitative estimate of drug-likeness (QED) is 0.896. The lowest BCUT2D eigenvalue weighted by Gasteiger charge is -2.26. The lowest BCUT2D eigenvalue weighted by Crippen LogP contribution is -2.31.